The Morgan fingerprint density at radius 3 is 2.40 bits per heavy atom. The summed E-state index contributed by atoms with van der Waals surface area (Å²) in [5.74, 6) is 1.17. The predicted octanol–water partition coefficient (Wildman–Crippen LogP) is 3.62. The van der Waals surface area contributed by atoms with Crippen molar-refractivity contribution < 1.29 is 27.8 Å². The van der Waals surface area contributed by atoms with Crippen LogP contribution in [0, 0.1) is 0 Å². The standard InChI is InChI=1S/C27H37NO6S/c1-5-33-26-14-21(17-29)8-11-25(26)34-18-24(30)16-28(23-12-13-35(31,32)19-23)15-20-6-9-22(10-7-20)27(2,3)4/h6-11,14,17,23-24,30H,5,12-13,15-16,18-19H2,1-4H3. The number of aldehydes is 1. The molecule has 1 aliphatic rings. The maximum Gasteiger partial charge on any atom is 0.161 e. The molecule has 1 saturated heterocycles. The average molecular weight is 504 g/mol. The van der Waals surface area contributed by atoms with Gasteiger partial charge in [-0.25, -0.2) is 8.42 Å². The molecule has 192 valence electrons. The highest BCUT2D eigenvalue weighted by molar-refractivity contribution is 7.91. The highest BCUT2D eigenvalue weighted by atomic mass is 32.2. The number of hydrogen-bond acceptors (Lipinski definition) is 7. The third-order valence-electron chi connectivity index (χ3n) is 6.21. The Hall–Kier alpha value is -2.42. The summed E-state index contributed by atoms with van der Waals surface area (Å²) in [4.78, 5) is 13.1. The number of ether oxygens (including phenoxy) is 2. The summed E-state index contributed by atoms with van der Waals surface area (Å²) in [5, 5.41) is 10.8. The minimum atomic E-state index is -3.07. The quantitative estimate of drug-likeness (QED) is 0.468. The van der Waals surface area contributed by atoms with Crippen molar-refractivity contribution >= 4 is 16.1 Å². The highest BCUT2D eigenvalue weighted by Gasteiger charge is 2.33. The molecule has 0 spiro atoms. The molecular weight excluding hydrogens is 466 g/mol. The summed E-state index contributed by atoms with van der Waals surface area (Å²) in [5.41, 5.74) is 2.83. The van der Waals surface area contributed by atoms with Crippen molar-refractivity contribution in [1.29, 1.82) is 0 Å². The van der Waals surface area contributed by atoms with Crippen LogP contribution in [0.5, 0.6) is 11.5 Å². The van der Waals surface area contributed by atoms with E-state index in [1.54, 1.807) is 18.2 Å². The zero-order valence-electron chi connectivity index (χ0n) is 21.1. The van der Waals surface area contributed by atoms with Crippen molar-refractivity contribution in [1.82, 2.24) is 4.90 Å². The van der Waals surface area contributed by atoms with Crippen LogP contribution in [0.25, 0.3) is 0 Å². The molecule has 0 saturated carbocycles. The fraction of sp³-hybridized carbons (Fsp3) is 0.519. The van der Waals surface area contributed by atoms with Gasteiger partial charge >= 0.3 is 0 Å². The number of rotatable bonds is 11. The minimum absolute atomic E-state index is 0.0133. The second kappa shape index (κ2) is 11.5. The molecule has 0 aliphatic carbocycles. The van der Waals surface area contributed by atoms with E-state index < -0.39 is 15.9 Å². The number of benzene rings is 2. The number of carbonyl (C=O) groups excluding carboxylic acids is 1. The molecule has 0 radical (unpaired) electrons. The molecule has 1 heterocycles. The molecule has 2 atom stereocenters. The van der Waals surface area contributed by atoms with Gasteiger partial charge < -0.3 is 14.6 Å². The number of aliphatic hydroxyl groups is 1. The SMILES string of the molecule is CCOc1cc(C=O)ccc1OCC(O)CN(Cc1ccc(C(C)(C)C)cc1)C1CCS(=O)(=O)C1. The fourth-order valence-corrected chi connectivity index (χ4v) is 6.01. The van der Waals surface area contributed by atoms with Crippen LogP contribution in [0.1, 0.15) is 55.6 Å². The van der Waals surface area contributed by atoms with Crippen molar-refractivity contribution in [2.24, 2.45) is 0 Å². The molecule has 1 N–H and O–H groups in total. The summed E-state index contributed by atoms with van der Waals surface area (Å²) in [6.45, 7) is 9.58. The van der Waals surface area contributed by atoms with Crippen molar-refractivity contribution in [2.75, 3.05) is 31.3 Å². The van der Waals surface area contributed by atoms with Gasteiger partial charge in [0, 0.05) is 24.7 Å². The van der Waals surface area contributed by atoms with Gasteiger partial charge in [-0.15, -0.1) is 0 Å². The molecule has 2 aromatic rings. The zero-order chi connectivity index (χ0) is 25.6. The van der Waals surface area contributed by atoms with E-state index in [-0.39, 0.29) is 36.1 Å². The van der Waals surface area contributed by atoms with Crippen molar-refractivity contribution in [3.05, 3.63) is 59.2 Å². The number of nitrogens with zero attached hydrogens (tertiary/aromatic N) is 1. The van der Waals surface area contributed by atoms with Crippen molar-refractivity contribution in [3.8, 4) is 11.5 Å². The van der Waals surface area contributed by atoms with Gasteiger partial charge in [-0.05, 0) is 48.1 Å². The monoisotopic (exact) mass is 503 g/mol. The second-order valence-electron chi connectivity index (χ2n) is 10.2. The minimum Gasteiger partial charge on any atom is -0.490 e. The molecule has 0 bridgehead atoms. The van der Waals surface area contributed by atoms with Gasteiger partial charge in [-0.2, -0.15) is 0 Å². The smallest absolute Gasteiger partial charge is 0.161 e. The summed E-state index contributed by atoms with van der Waals surface area (Å²) in [6, 6.07) is 13.1. The van der Waals surface area contributed by atoms with E-state index in [4.69, 9.17) is 9.47 Å². The first-order valence-electron chi connectivity index (χ1n) is 12.1. The van der Waals surface area contributed by atoms with E-state index in [9.17, 15) is 18.3 Å². The van der Waals surface area contributed by atoms with E-state index in [2.05, 4.69) is 45.0 Å². The third-order valence-corrected chi connectivity index (χ3v) is 7.96. The average Bonchev–Trinajstić information content (AvgIpc) is 3.17. The maximum absolute atomic E-state index is 12.1. The first-order valence-corrected chi connectivity index (χ1v) is 13.9. The third kappa shape index (κ3) is 7.78. The summed E-state index contributed by atoms with van der Waals surface area (Å²) >= 11 is 0. The van der Waals surface area contributed by atoms with Crippen molar-refractivity contribution in [3.63, 3.8) is 0 Å². The van der Waals surface area contributed by atoms with Crippen LogP contribution in [0.4, 0.5) is 0 Å². The van der Waals surface area contributed by atoms with Gasteiger partial charge in [0.05, 0.1) is 18.1 Å². The lowest BCUT2D eigenvalue weighted by Crippen LogP contribution is -2.42. The largest absolute Gasteiger partial charge is 0.490 e. The Morgan fingerprint density at radius 2 is 1.83 bits per heavy atom. The first kappa shape index (κ1) is 27.2. The molecule has 0 aromatic heterocycles. The van der Waals surface area contributed by atoms with Crippen LogP contribution >= 0.6 is 0 Å². The van der Waals surface area contributed by atoms with E-state index in [0.29, 0.717) is 36.6 Å². The number of hydrogen-bond donors (Lipinski definition) is 1. The normalized spacial score (nSPS) is 18.4. The molecule has 1 aliphatic heterocycles. The molecular formula is C27H37NO6S. The molecule has 8 heteroatoms. The maximum atomic E-state index is 12.1. The van der Waals surface area contributed by atoms with Gasteiger partial charge in [0.25, 0.3) is 0 Å². The molecule has 35 heavy (non-hydrogen) atoms. The van der Waals surface area contributed by atoms with Crippen molar-refractivity contribution in [2.45, 2.75) is 58.2 Å². The summed E-state index contributed by atoms with van der Waals surface area (Å²) < 4.78 is 35.7. The second-order valence-corrected chi connectivity index (χ2v) is 12.4. The van der Waals surface area contributed by atoms with Gasteiger partial charge in [0.15, 0.2) is 21.3 Å². The predicted molar refractivity (Wildman–Crippen MR) is 137 cm³/mol. The van der Waals surface area contributed by atoms with Crippen LogP contribution in [0.2, 0.25) is 0 Å². The van der Waals surface area contributed by atoms with Crippen LogP contribution in [-0.4, -0.2) is 68.1 Å². The Balaban J connectivity index is 1.70. The van der Waals surface area contributed by atoms with E-state index in [1.165, 1.54) is 5.56 Å². The Morgan fingerprint density at radius 1 is 1.11 bits per heavy atom. The number of sulfone groups is 1. The van der Waals surface area contributed by atoms with E-state index in [0.717, 1.165) is 11.8 Å². The Kier molecular flexibility index (Phi) is 8.96. The molecule has 2 aromatic carbocycles. The van der Waals surface area contributed by atoms with Crippen LogP contribution in [-0.2, 0) is 21.8 Å². The number of carbonyl (C=O) groups is 1. The molecule has 0 amide bonds. The zero-order valence-corrected chi connectivity index (χ0v) is 21.9. The lowest BCUT2D eigenvalue weighted by atomic mass is 9.86. The van der Waals surface area contributed by atoms with Crippen LogP contribution in [0.3, 0.4) is 0 Å². The van der Waals surface area contributed by atoms with Gasteiger partial charge in [-0.1, -0.05) is 45.0 Å². The van der Waals surface area contributed by atoms with Gasteiger partial charge in [0.2, 0.25) is 0 Å². The molecule has 3 rings (SSSR count). The van der Waals surface area contributed by atoms with Gasteiger partial charge in [-0.3, -0.25) is 9.69 Å². The Bertz CT molecular complexity index is 1090. The lowest BCUT2D eigenvalue weighted by Gasteiger charge is -2.30. The Labute approximate surface area is 209 Å². The first-order chi connectivity index (χ1) is 16.5. The van der Waals surface area contributed by atoms with Crippen LogP contribution < -0.4 is 9.47 Å². The van der Waals surface area contributed by atoms with Gasteiger partial charge in [0.1, 0.15) is 19.0 Å². The molecule has 7 nitrogen and oxygen atoms in total. The summed E-state index contributed by atoms with van der Waals surface area (Å²) in [7, 11) is -3.07. The molecule has 2 unspecified atom stereocenters. The molecule has 1 fully saturated rings. The topological polar surface area (TPSA) is 93.1 Å². The van der Waals surface area contributed by atoms with E-state index >= 15 is 0 Å². The van der Waals surface area contributed by atoms with Crippen LogP contribution in [0.15, 0.2) is 42.5 Å². The van der Waals surface area contributed by atoms with E-state index in [1.807, 2.05) is 11.8 Å². The fourth-order valence-electron chi connectivity index (χ4n) is 4.25. The highest BCUT2D eigenvalue weighted by Crippen LogP contribution is 2.29. The summed E-state index contributed by atoms with van der Waals surface area (Å²) in [6.07, 6.45) is 0.452. The lowest BCUT2D eigenvalue weighted by molar-refractivity contribution is 0.0515. The number of aliphatic hydroxyl groups excluding tert-OH is 1.